The van der Waals surface area contributed by atoms with E-state index in [9.17, 15) is 13.2 Å². The van der Waals surface area contributed by atoms with Crippen LogP contribution in [0.1, 0.15) is 27.0 Å². The third-order valence-corrected chi connectivity index (χ3v) is 7.48. The van der Waals surface area contributed by atoms with Gasteiger partial charge in [0.2, 0.25) is 10.0 Å². The van der Waals surface area contributed by atoms with Gasteiger partial charge in [0.05, 0.1) is 18.0 Å². The van der Waals surface area contributed by atoms with Crippen molar-refractivity contribution in [3.8, 4) is 5.75 Å². The number of Topliss-reactive ketones (excluding diaryl/α,β-unsaturated/α-hetero) is 1. The van der Waals surface area contributed by atoms with E-state index in [0.29, 0.717) is 22.4 Å². The number of carbonyl (C=O) groups is 1. The van der Waals surface area contributed by atoms with Crippen molar-refractivity contribution in [2.75, 3.05) is 7.11 Å². The number of sulfonamides is 1. The maximum atomic E-state index is 13.6. The Morgan fingerprint density at radius 3 is 2.42 bits per heavy atom. The molecule has 184 valence electrons. The van der Waals surface area contributed by atoms with Crippen molar-refractivity contribution in [2.45, 2.75) is 24.3 Å². The van der Waals surface area contributed by atoms with Crippen molar-refractivity contribution in [1.29, 1.82) is 5.41 Å². The highest BCUT2D eigenvalue weighted by molar-refractivity contribution is 7.89. The Bertz CT molecular complexity index is 1560. The SMILES string of the molecule is COc1cc(C(=O)[C@H](Cc2cccc(C(=N)N)c2)NS(=O)(=O)c2ccc3ccccc3c2)ccc1C. The second kappa shape index (κ2) is 10.3. The second-order valence-corrected chi connectivity index (χ2v) is 10.3. The van der Waals surface area contributed by atoms with Crippen LogP contribution in [0.4, 0.5) is 0 Å². The van der Waals surface area contributed by atoms with Crippen LogP contribution in [0.15, 0.2) is 89.8 Å². The first-order valence-corrected chi connectivity index (χ1v) is 12.8. The highest BCUT2D eigenvalue weighted by Crippen LogP contribution is 2.23. The first-order chi connectivity index (χ1) is 17.2. The molecule has 0 saturated heterocycles. The van der Waals surface area contributed by atoms with E-state index >= 15 is 0 Å². The van der Waals surface area contributed by atoms with E-state index in [-0.39, 0.29) is 17.2 Å². The molecule has 4 aromatic carbocycles. The lowest BCUT2D eigenvalue weighted by Gasteiger charge is -2.19. The predicted octanol–water partition coefficient (Wildman–Crippen LogP) is 4.21. The van der Waals surface area contributed by atoms with Crippen LogP contribution in [0.5, 0.6) is 5.75 Å². The van der Waals surface area contributed by atoms with Crippen LogP contribution in [-0.2, 0) is 16.4 Å². The Labute approximate surface area is 210 Å². The van der Waals surface area contributed by atoms with Crippen molar-refractivity contribution in [2.24, 2.45) is 5.73 Å². The maximum absolute atomic E-state index is 13.6. The molecule has 4 aromatic rings. The monoisotopic (exact) mass is 501 g/mol. The zero-order chi connectivity index (χ0) is 25.9. The van der Waals surface area contributed by atoms with Gasteiger partial charge in [0.25, 0.3) is 0 Å². The van der Waals surface area contributed by atoms with Gasteiger partial charge < -0.3 is 10.5 Å². The molecule has 0 aliphatic carbocycles. The van der Waals surface area contributed by atoms with Crippen molar-refractivity contribution in [1.82, 2.24) is 4.72 Å². The van der Waals surface area contributed by atoms with Crippen molar-refractivity contribution >= 4 is 32.4 Å². The van der Waals surface area contributed by atoms with Gasteiger partial charge in [0.1, 0.15) is 11.6 Å². The van der Waals surface area contributed by atoms with Gasteiger partial charge in [-0.2, -0.15) is 4.72 Å². The molecule has 8 heteroatoms. The smallest absolute Gasteiger partial charge is 0.241 e. The van der Waals surface area contributed by atoms with E-state index in [1.54, 1.807) is 54.6 Å². The van der Waals surface area contributed by atoms with Crippen LogP contribution >= 0.6 is 0 Å². The van der Waals surface area contributed by atoms with Crippen molar-refractivity contribution in [3.05, 3.63) is 107 Å². The minimum absolute atomic E-state index is 0.0676. The molecule has 0 aliphatic rings. The molecule has 4 rings (SSSR count). The number of ketones is 1. The van der Waals surface area contributed by atoms with Gasteiger partial charge in [0.15, 0.2) is 5.78 Å². The van der Waals surface area contributed by atoms with Gasteiger partial charge in [-0.25, -0.2) is 8.42 Å². The Kier molecular flexibility index (Phi) is 7.19. The molecule has 0 spiro atoms. The van der Waals surface area contributed by atoms with E-state index in [1.807, 2.05) is 31.2 Å². The molecule has 0 saturated carbocycles. The number of hydrogen-bond donors (Lipinski definition) is 3. The molecule has 36 heavy (non-hydrogen) atoms. The largest absolute Gasteiger partial charge is 0.496 e. The summed E-state index contributed by atoms with van der Waals surface area (Å²) in [6.45, 7) is 1.86. The number of carbonyl (C=O) groups excluding carboxylic acids is 1. The van der Waals surface area contributed by atoms with Gasteiger partial charge in [-0.3, -0.25) is 10.2 Å². The third-order valence-electron chi connectivity index (χ3n) is 6.02. The number of ether oxygens (including phenoxy) is 1. The first-order valence-electron chi connectivity index (χ1n) is 11.3. The molecular formula is C28H27N3O4S. The lowest BCUT2D eigenvalue weighted by atomic mass is 9.96. The number of methoxy groups -OCH3 is 1. The third kappa shape index (κ3) is 5.45. The van der Waals surface area contributed by atoms with E-state index in [1.165, 1.54) is 13.2 Å². The standard InChI is InChI=1S/C28H27N3O4S/c1-18-10-11-22(17-26(18)35-2)27(32)25(15-19-6-5-9-23(14-19)28(29)30)31-36(33,34)24-13-12-20-7-3-4-8-21(20)16-24/h3-14,16-17,25,31H,15H2,1-2H3,(H3,29,30)/t25-/m0/s1. The van der Waals surface area contributed by atoms with Gasteiger partial charge in [-0.15, -0.1) is 0 Å². The summed E-state index contributed by atoms with van der Waals surface area (Å²) in [6, 6.07) is 23.1. The number of aryl methyl sites for hydroxylation is 1. The summed E-state index contributed by atoms with van der Waals surface area (Å²) < 4.78 is 34.8. The lowest BCUT2D eigenvalue weighted by molar-refractivity contribution is 0.0953. The minimum atomic E-state index is -4.04. The molecule has 0 amide bonds. The molecule has 0 bridgehead atoms. The summed E-state index contributed by atoms with van der Waals surface area (Å²) in [4.78, 5) is 13.7. The molecule has 7 nitrogen and oxygen atoms in total. The Balaban J connectivity index is 1.72. The highest BCUT2D eigenvalue weighted by atomic mass is 32.2. The summed E-state index contributed by atoms with van der Waals surface area (Å²) in [5, 5.41) is 9.40. The van der Waals surface area contributed by atoms with E-state index in [0.717, 1.165) is 16.3 Å². The molecule has 0 unspecified atom stereocenters. The predicted molar refractivity (Wildman–Crippen MR) is 141 cm³/mol. The fourth-order valence-electron chi connectivity index (χ4n) is 4.05. The Morgan fingerprint density at radius 1 is 0.944 bits per heavy atom. The van der Waals surface area contributed by atoms with Gasteiger partial charge in [0, 0.05) is 11.1 Å². The van der Waals surface area contributed by atoms with Crippen LogP contribution in [-0.4, -0.2) is 33.2 Å². The summed E-state index contributed by atoms with van der Waals surface area (Å²) in [5.74, 6) is 0.0289. The molecule has 1 atom stereocenters. The van der Waals surface area contributed by atoms with Crippen LogP contribution in [0.3, 0.4) is 0 Å². The fraction of sp³-hybridized carbons (Fsp3) is 0.143. The average Bonchev–Trinajstić information content (AvgIpc) is 2.88. The topological polar surface area (TPSA) is 122 Å². The van der Waals surface area contributed by atoms with Crippen molar-refractivity contribution in [3.63, 3.8) is 0 Å². The molecule has 4 N–H and O–H groups in total. The summed E-state index contributed by atoms with van der Waals surface area (Å²) in [5.41, 5.74) is 7.97. The summed E-state index contributed by atoms with van der Waals surface area (Å²) >= 11 is 0. The number of nitrogen functional groups attached to an aromatic ring is 1. The number of benzene rings is 4. The van der Waals surface area contributed by atoms with Crippen LogP contribution in [0.2, 0.25) is 0 Å². The number of amidine groups is 1. The number of nitrogens with two attached hydrogens (primary N) is 1. The van der Waals surface area contributed by atoms with E-state index in [2.05, 4.69) is 4.72 Å². The number of nitrogens with one attached hydrogen (secondary N) is 2. The Morgan fingerprint density at radius 2 is 1.69 bits per heavy atom. The molecule has 0 heterocycles. The zero-order valence-corrected chi connectivity index (χ0v) is 20.8. The highest BCUT2D eigenvalue weighted by Gasteiger charge is 2.28. The first kappa shape index (κ1) is 25.1. The lowest BCUT2D eigenvalue weighted by Crippen LogP contribution is -2.42. The van der Waals surface area contributed by atoms with Gasteiger partial charge in [-0.1, -0.05) is 60.7 Å². The van der Waals surface area contributed by atoms with Crippen molar-refractivity contribution < 1.29 is 17.9 Å². The van der Waals surface area contributed by atoms with Crippen LogP contribution in [0.25, 0.3) is 10.8 Å². The number of fused-ring (bicyclic) bond motifs is 1. The molecular weight excluding hydrogens is 474 g/mol. The average molecular weight is 502 g/mol. The molecule has 0 aliphatic heterocycles. The normalized spacial score (nSPS) is 12.3. The van der Waals surface area contributed by atoms with E-state index in [4.69, 9.17) is 15.9 Å². The quantitative estimate of drug-likeness (QED) is 0.180. The molecule has 0 aromatic heterocycles. The second-order valence-electron chi connectivity index (χ2n) is 8.55. The summed E-state index contributed by atoms with van der Waals surface area (Å²) in [6.07, 6.45) is 0.0724. The van der Waals surface area contributed by atoms with Gasteiger partial charge in [-0.05, 0) is 59.5 Å². The van der Waals surface area contributed by atoms with Gasteiger partial charge >= 0.3 is 0 Å². The molecule has 0 radical (unpaired) electrons. The van der Waals surface area contributed by atoms with E-state index < -0.39 is 21.8 Å². The maximum Gasteiger partial charge on any atom is 0.241 e. The molecule has 0 fully saturated rings. The zero-order valence-electron chi connectivity index (χ0n) is 20.0. The van der Waals surface area contributed by atoms with Crippen LogP contribution < -0.4 is 15.2 Å². The van der Waals surface area contributed by atoms with Crippen LogP contribution in [0, 0.1) is 12.3 Å². The Hall–Kier alpha value is -4.01. The number of hydrogen-bond acceptors (Lipinski definition) is 5. The fourth-order valence-corrected chi connectivity index (χ4v) is 5.28. The number of rotatable bonds is 9. The minimum Gasteiger partial charge on any atom is -0.496 e. The summed E-state index contributed by atoms with van der Waals surface area (Å²) in [7, 11) is -2.53.